The Labute approximate surface area is 186 Å². The van der Waals surface area contributed by atoms with Crippen molar-refractivity contribution in [3.8, 4) is 28.8 Å². The Morgan fingerprint density at radius 3 is 2.56 bits per heavy atom. The third-order valence-corrected chi connectivity index (χ3v) is 5.49. The quantitative estimate of drug-likeness (QED) is 0.352. The number of ether oxygens (including phenoxy) is 2. The molecular formula is C23H16FN5O2S. The second-order valence-corrected chi connectivity index (χ2v) is 7.68. The molecular weight excluding hydrogens is 429 g/mol. The summed E-state index contributed by atoms with van der Waals surface area (Å²) >= 11 is 1.39. The highest BCUT2D eigenvalue weighted by atomic mass is 32.1. The van der Waals surface area contributed by atoms with Gasteiger partial charge in [-0.3, -0.25) is 0 Å². The standard InChI is InChI=1S/C23H16FN5O2S/c1-30-21-17(3-2-10-26-21)20-22(27-12-11-25-20)31-16-7-5-15(6-8-16)28-23-29-18-9-4-14(24)13-19(18)32-23/h2-13H,1H3,(H,28,29). The number of halogens is 1. The first-order valence-electron chi connectivity index (χ1n) is 9.61. The van der Waals surface area contributed by atoms with E-state index in [-0.39, 0.29) is 5.82 Å². The van der Waals surface area contributed by atoms with Crippen LogP contribution in [0.5, 0.6) is 17.5 Å². The second kappa shape index (κ2) is 8.56. The predicted molar refractivity (Wildman–Crippen MR) is 121 cm³/mol. The smallest absolute Gasteiger partial charge is 0.246 e. The second-order valence-electron chi connectivity index (χ2n) is 6.65. The van der Waals surface area contributed by atoms with Crippen molar-refractivity contribution in [2.24, 2.45) is 0 Å². The Kier molecular flexibility index (Phi) is 5.30. The van der Waals surface area contributed by atoms with Crippen LogP contribution >= 0.6 is 11.3 Å². The lowest BCUT2D eigenvalue weighted by molar-refractivity contribution is 0.398. The molecule has 158 valence electrons. The fourth-order valence-corrected chi connectivity index (χ4v) is 4.02. The van der Waals surface area contributed by atoms with Crippen molar-refractivity contribution in [3.05, 3.63) is 79.0 Å². The van der Waals surface area contributed by atoms with Gasteiger partial charge in [0.25, 0.3) is 0 Å². The molecule has 0 bridgehead atoms. The van der Waals surface area contributed by atoms with Gasteiger partial charge in [-0.2, -0.15) is 0 Å². The van der Waals surface area contributed by atoms with Crippen molar-refractivity contribution < 1.29 is 13.9 Å². The van der Waals surface area contributed by atoms with Crippen molar-refractivity contribution in [2.45, 2.75) is 0 Å². The number of rotatable bonds is 6. The number of fused-ring (bicyclic) bond motifs is 1. The number of aromatic nitrogens is 4. The van der Waals surface area contributed by atoms with Gasteiger partial charge in [-0.1, -0.05) is 11.3 Å². The topological polar surface area (TPSA) is 82.1 Å². The minimum atomic E-state index is -0.276. The first kappa shape index (κ1) is 19.8. The van der Waals surface area contributed by atoms with Crippen molar-refractivity contribution in [2.75, 3.05) is 12.4 Å². The highest BCUT2D eigenvalue weighted by Gasteiger charge is 2.15. The number of methoxy groups -OCH3 is 1. The zero-order valence-electron chi connectivity index (χ0n) is 16.8. The monoisotopic (exact) mass is 445 g/mol. The lowest BCUT2D eigenvalue weighted by Gasteiger charge is -2.11. The third-order valence-electron chi connectivity index (χ3n) is 4.55. The summed E-state index contributed by atoms with van der Waals surface area (Å²) in [5.41, 5.74) is 2.79. The summed E-state index contributed by atoms with van der Waals surface area (Å²) in [4.78, 5) is 17.4. The number of hydrogen-bond donors (Lipinski definition) is 1. The largest absolute Gasteiger partial charge is 0.481 e. The van der Waals surface area contributed by atoms with Crippen LogP contribution in [-0.2, 0) is 0 Å². The minimum absolute atomic E-state index is 0.276. The molecule has 0 spiro atoms. The van der Waals surface area contributed by atoms with Gasteiger partial charge in [0, 0.05) is 24.3 Å². The van der Waals surface area contributed by atoms with Gasteiger partial charge in [0.2, 0.25) is 11.8 Å². The van der Waals surface area contributed by atoms with Gasteiger partial charge in [0.05, 0.1) is 22.9 Å². The molecule has 0 aliphatic rings. The first-order chi connectivity index (χ1) is 15.7. The average molecular weight is 445 g/mol. The SMILES string of the molecule is COc1ncccc1-c1nccnc1Oc1ccc(Nc2nc3ccc(F)cc3s2)cc1. The fourth-order valence-electron chi connectivity index (χ4n) is 3.11. The van der Waals surface area contributed by atoms with Crippen LogP contribution < -0.4 is 14.8 Å². The van der Waals surface area contributed by atoms with E-state index in [2.05, 4.69) is 25.3 Å². The van der Waals surface area contributed by atoms with Gasteiger partial charge in [0.15, 0.2) is 5.13 Å². The fraction of sp³-hybridized carbons (Fsp3) is 0.0435. The predicted octanol–water partition coefficient (Wildman–Crippen LogP) is 5.83. The molecule has 0 saturated carbocycles. The van der Waals surface area contributed by atoms with E-state index in [1.807, 2.05) is 30.3 Å². The first-order valence-corrected chi connectivity index (χ1v) is 10.4. The maximum Gasteiger partial charge on any atom is 0.246 e. The van der Waals surface area contributed by atoms with Crippen molar-refractivity contribution in [1.82, 2.24) is 19.9 Å². The molecule has 5 aromatic rings. The molecule has 0 amide bonds. The number of benzene rings is 2. The molecule has 1 N–H and O–H groups in total. The Morgan fingerprint density at radius 1 is 0.906 bits per heavy atom. The molecule has 3 aromatic heterocycles. The summed E-state index contributed by atoms with van der Waals surface area (Å²) < 4.78 is 25.5. The number of thiazole rings is 1. The van der Waals surface area contributed by atoms with Gasteiger partial charge < -0.3 is 14.8 Å². The number of nitrogens with zero attached hydrogens (tertiary/aromatic N) is 4. The Morgan fingerprint density at radius 2 is 1.72 bits per heavy atom. The van der Waals surface area contributed by atoms with Gasteiger partial charge in [-0.25, -0.2) is 24.3 Å². The molecule has 0 radical (unpaired) electrons. The van der Waals surface area contributed by atoms with Gasteiger partial charge in [0.1, 0.15) is 17.3 Å². The number of anilines is 2. The molecule has 0 aliphatic carbocycles. The maximum absolute atomic E-state index is 13.4. The molecule has 9 heteroatoms. The van der Waals surface area contributed by atoms with Crippen LogP contribution in [0.15, 0.2) is 73.2 Å². The Bertz CT molecular complexity index is 1390. The van der Waals surface area contributed by atoms with E-state index in [1.54, 1.807) is 37.8 Å². The zero-order valence-corrected chi connectivity index (χ0v) is 17.6. The number of pyridine rings is 1. The third kappa shape index (κ3) is 4.06. The van der Waals surface area contributed by atoms with Crippen LogP contribution in [0, 0.1) is 5.82 Å². The molecule has 0 aliphatic heterocycles. The lowest BCUT2D eigenvalue weighted by Crippen LogP contribution is -1.97. The van der Waals surface area contributed by atoms with E-state index >= 15 is 0 Å². The molecule has 0 atom stereocenters. The van der Waals surface area contributed by atoms with E-state index in [9.17, 15) is 4.39 Å². The van der Waals surface area contributed by atoms with Crippen LogP contribution in [0.3, 0.4) is 0 Å². The van der Waals surface area contributed by atoms with E-state index in [0.29, 0.717) is 33.9 Å². The highest BCUT2D eigenvalue weighted by molar-refractivity contribution is 7.22. The molecule has 32 heavy (non-hydrogen) atoms. The minimum Gasteiger partial charge on any atom is -0.481 e. The van der Waals surface area contributed by atoms with Gasteiger partial charge in [-0.15, -0.1) is 0 Å². The molecule has 0 saturated heterocycles. The summed E-state index contributed by atoms with van der Waals surface area (Å²) in [6, 6.07) is 15.5. The lowest BCUT2D eigenvalue weighted by atomic mass is 10.2. The van der Waals surface area contributed by atoms with Crippen molar-refractivity contribution in [3.63, 3.8) is 0 Å². The normalized spacial score (nSPS) is 10.8. The van der Waals surface area contributed by atoms with E-state index in [4.69, 9.17) is 9.47 Å². The average Bonchev–Trinajstić information content (AvgIpc) is 3.22. The molecule has 5 rings (SSSR count). The van der Waals surface area contributed by atoms with Crippen LogP contribution in [-0.4, -0.2) is 27.0 Å². The van der Waals surface area contributed by atoms with Crippen LogP contribution in [0.4, 0.5) is 15.2 Å². The van der Waals surface area contributed by atoms with Gasteiger partial charge in [-0.05, 0) is 54.6 Å². The Hall–Kier alpha value is -4.11. The highest BCUT2D eigenvalue weighted by Crippen LogP contribution is 2.34. The maximum atomic E-state index is 13.4. The number of nitrogens with one attached hydrogen (secondary N) is 1. The van der Waals surface area contributed by atoms with Crippen molar-refractivity contribution >= 4 is 32.4 Å². The summed E-state index contributed by atoms with van der Waals surface area (Å²) in [6.45, 7) is 0. The summed E-state index contributed by atoms with van der Waals surface area (Å²) in [5, 5.41) is 3.91. The molecule has 0 unspecified atom stereocenters. The zero-order chi connectivity index (χ0) is 21.9. The molecule has 0 fully saturated rings. The molecule has 3 heterocycles. The van der Waals surface area contributed by atoms with Crippen molar-refractivity contribution in [1.29, 1.82) is 0 Å². The van der Waals surface area contributed by atoms with Gasteiger partial charge >= 0.3 is 0 Å². The Balaban J connectivity index is 1.36. The van der Waals surface area contributed by atoms with Crippen LogP contribution in [0.2, 0.25) is 0 Å². The van der Waals surface area contributed by atoms with E-state index in [0.717, 1.165) is 15.9 Å². The summed E-state index contributed by atoms with van der Waals surface area (Å²) in [6.07, 6.45) is 4.80. The number of hydrogen-bond acceptors (Lipinski definition) is 8. The summed E-state index contributed by atoms with van der Waals surface area (Å²) in [5.74, 6) is 1.09. The molecule has 7 nitrogen and oxygen atoms in total. The van der Waals surface area contributed by atoms with E-state index < -0.39 is 0 Å². The van der Waals surface area contributed by atoms with Crippen LogP contribution in [0.25, 0.3) is 21.5 Å². The summed E-state index contributed by atoms with van der Waals surface area (Å²) in [7, 11) is 1.55. The van der Waals surface area contributed by atoms with Crippen LogP contribution in [0.1, 0.15) is 0 Å². The molecule has 2 aromatic carbocycles. The van der Waals surface area contributed by atoms with E-state index in [1.165, 1.54) is 23.5 Å².